The fraction of sp³-hybridized carbons (Fsp3) is 1.00. The molecule has 0 aromatic rings. The van der Waals surface area contributed by atoms with Crippen LogP contribution in [0.2, 0.25) is 0 Å². The van der Waals surface area contributed by atoms with Gasteiger partial charge in [-0.2, -0.15) is 0 Å². The van der Waals surface area contributed by atoms with Crippen LogP contribution in [0, 0.1) is 0 Å². The molecule has 0 saturated heterocycles. The maximum Gasteiger partial charge on any atom is 0.0856 e. The van der Waals surface area contributed by atoms with Gasteiger partial charge in [0.05, 0.1) is 27.2 Å². The van der Waals surface area contributed by atoms with Crippen molar-refractivity contribution in [3.05, 3.63) is 0 Å². The van der Waals surface area contributed by atoms with E-state index in [1.54, 1.807) is 0 Å². The fourth-order valence-electron chi connectivity index (χ4n) is 0.962. The second-order valence-corrected chi connectivity index (χ2v) is 4.21. The Morgan fingerprint density at radius 2 is 1.82 bits per heavy atom. The average molecular weight is 159 g/mol. The van der Waals surface area contributed by atoms with Gasteiger partial charge in [0.15, 0.2) is 0 Å². The average Bonchev–Trinajstić information content (AvgIpc) is 1.86. The summed E-state index contributed by atoms with van der Waals surface area (Å²) in [6.07, 6.45) is 2.59. The molecule has 0 amide bonds. The molecule has 0 aromatic carbocycles. The molecule has 68 valence electrons. The molecule has 11 heavy (non-hydrogen) atoms. The van der Waals surface area contributed by atoms with Crippen LogP contribution < -0.4 is 5.32 Å². The molecule has 0 fully saturated rings. The van der Waals surface area contributed by atoms with Crippen molar-refractivity contribution in [3.63, 3.8) is 0 Å². The number of rotatable bonds is 5. The van der Waals surface area contributed by atoms with Crippen LogP contribution in [0.15, 0.2) is 0 Å². The number of hydrogen-bond donors (Lipinski definition) is 1. The third-order valence-electron chi connectivity index (χ3n) is 2.37. The van der Waals surface area contributed by atoms with Crippen LogP contribution in [0.3, 0.4) is 0 Å². The Labute approximate surface area is 71.2 Å². The predicted molar refractivity (Wildman–Crippen MR) is 50.7 cm³/mol. The van der Waals surface area contributed by atoms with Gasteiger partial charge in [0, 0.05) is 6.42 Å². The van der Waals surface area contributed by atoms with Gasteiger partial charge in [-0.15, -0.1) is 0 Å². The van der Waals surface area contributed by atoms with Crippen molar-refractivity contribution >= 4 is 0 Å². The zero-order valence-corrected chi connectivity index (χ0v) is 8.65. The Morgan fingerprint density at radius 1 is 1.27 bits per heavy atom. The maximum absolute atomic E-state index is 3.17. The lowest BCUT2D eigenvalue weighted by Crippen LogP contribution is -2.43. The molecular formula is C9H23N2+. The molecule has 0 aliphatic rings. The number of quaternary nitrogens is 1. The largest absolute Gasteiger partial charge is 0.329 e. The Morgan fingerprint density at radius 3 is 2.18 bits per heavy atom. The first kappa shape index (κ1) is 10.9. The highest BCUT2D eigenvalue weighted by Crippen LogP contribution is 2.07. The van der Waals surface area contributed by atoms with Crippen LogP contribution in [-0.2, 0) is 0 Å². The number of nitrogens with one attached hydrogen (secondary N) is 1. The van der Waals surface area contributed by atoms with Crippen molar-refractivity contribution in [2.45, 2.75) is 25.8 Å². The second kappa shape index (κ2) is 4.73. The summed E-state index contributed by atoms with van der Waals surface area (Å²) in [5, 5.41) is 3.17. The minimum atomic E-state index is 0.767. The van der Waals surface area contributed by atoms with E-state index < -0.39 is 0 Å². The first-order chi connectivity index (χ1) is 4.98. The summed E-state index contributed by atoms with van der Waals surface area (Å²) in [6.45, 7) is 3.46. The van der Waals surface area contributed by atoms with Gasteiger partial charge >= 0.3 is 0 Å². The van der Waals surface area contributed by atoms with Crippen molar-refractivity contribution in [1.29, 1.82) is 0 Å². The first-order valence-corrected chi connectivity index (χ1v) is 4.44. The molecule has 0 rings (SSSR count). The normalized spacial score (nSPS) is 15.0. The molecular weight excluding hydrogens is 136 g/mol. The molecule has 1 atom stereocenters. The van der Waals surface area contributed by atoms with E-state index in [0.29, 0.717) is 0 Å². The van der Waals surface area contributed by atoms with Gasteiger partial charge in [-0.05, 0) is 26.9 Å². The molecule has 1 N–H and O–H groups in total. The van der Waals surface area contributed by atoms with Crippen molar-refractivity contribution in [2.24, 2.45) is 0 Å². The topological polar surface area (TPSA) is 12.0 Å². The SMILES string of the molecule is CNCCCC(C)[N+](C)(C)C. The molecule has 0 saturated carbocycles. The monoisotopic (exact) mass is 159 g/mol. The highest BCUT2D eigenvalue weighted by molar-refractivity contribution is 4.51. The van der Waals surface area contributed by atoms with Crippen LogP contribution >= 0.6 is 0 Å². The van der Waals surface area contributed by atoms with E-state index in [0.717, 1.165) is 17.1 Å². The summed E-state index contributed by atoms with van der Waals surface area (Å²) in [6, 6.07) is 0.767. The van der Waals surface area contributed by atoms with Gasteiger partial charge < -0.3 is 9.80 Å². The third-order valence-corrected chi connectivity index (χ3v) is 2.37. The third kappa shape index (κ3) is 5.22. The van der Waals surface area contributed by atoms with Crippen LogP contribution in [0.1, 0.15) is 19.8 Å². The predicted octanol–water partition coefficient (Wildman–Crippen LogP) is 1.08. The van der Waals surface area contributed by atoms with Crippen molar-refractivity contribution in [3.8, 4) is 0 Å². The van der Waals surface area contributed by atoms with Gasteiger partial charge in [-0.25, -0.2) is 0 Å². The molecule has 0 radical (unpaired) electrons. The molecule has 0 aromatic heterocycles. The van der Waals surface area contributed by atoms with E-state index in [4.69, 9.17) is 0 Å². The Bertz CT molecular complexity index is 94.2. The summed E-state index contributed by atoms with van der Waals surface area (Å²) >= 11 is 0. The Kier molecular flexibility index (Phi) is 4.69. The minimum Gasteiger partial charge on any atom is -0.329 e. The van der Waals surface area contributed by atoms with Crippen molar-refractivity contribution in [1.82, 2.24) is 5.32 Å². The lowest BCUT2D eigenvalue weighted by molar-refractivity contribution is -0.894. The van der Waals surface area contributed by atoms with E-state index in [-0.39, 0.29) is 0 Å². The lowest BCUT2D eigenvalue weighted by Gasteiger charge is -2.31. The molecule has 0 aliphatic heterocycles. The molecule has 0 aliphatic carbocycles. The van der Waals surface area contributed by atoms with Gasteiger partial charge in [0.25, 0.3) is 0 Å². The van der Waals surface area contributed by atoms with E-state index in [2.05, 4.69) is 33.4 Å². The Hall–Kier alpha value is -0.0800. The lowest BCUT2D eigenvalue weighted by atomic mass is 10.1. The smallest absolute Gasteiger partial charge is 0.0856 e. The van der Waals surface area contributed by atoms with Crippen molar-refractivity contribution < 1.29 is 4.48 Å². The van der Waals surface area contributed by atoms with Crippen LogP contribution in [-0.4, -0.2) is 45.3 Å². The summed E-state index contributed by atoms with van der Waals surface area (Å²) < 4.78 is 1.07. The first-order valence-electron chi connectivity index (χ1n) is 4.44. The van der Waals surface area contributed by atoms with Crippen LogP contribution in [0.25, 0.3) is 0 Å². The van der Waals surface area contributed by atoms with Crippen molar-refractivity contribution in [2.75, 3.05) is 34.7 Å². The summed E-state index contributed by atoms with van der Waals surface area (Å²) in [7, 11) is 8.77. The fourth-order valence-corrected chi connectivity index (χ4v) is 0.962. The zero-order chi connectivity index (χ0) is 8.91. The summed E-state index contributed by atoms with van der Waals surface area (Å²) in [5.41, 5.74) is 0. The summed E-state index contributed by atoms with van der Waals surface area (Å²) in [4.78, 5) is 0. The molecule has 0 spiro atoms. The molecule has 1 unspecified atom stereocenters. The Balaban J connectivity index is 3.44. The molecule has 2 nitrogen and oxygen atoms in total. The highest BCUT2D eigenvalue weighted by Gasteiger charge is 2.16. The van der Waals surface area contributed by atoms with E-state index in [9.17, 15) is 0 Å². The number of hydrogen-bond acceptors (Lipinski definition) is 1. The van der Waals surface area contributed by atoms with Gasteiger partial charge in [0.1, 0.15) is 0 Å². The van der Waals surface area contributed by atoms with Gasteiger partial charge in [-0.1, -0.05) is 0 Å². The zero-order valence-electron chi connectivity index (χ0n) is 8.65. The second-order valence-electron chi connectivity index (χ2n) is 4.21. The van der Waals surface area contributed by atoms with Crippen LogP contribution in [0.5, 0.6) is 0 Å². The molecule has 0 heterocycles. The standard InChI is InChI=1S/C9H23N2/c1-9(11(3,4)5)7-6-8-10-2/h9-10H,6-8H2,1-5H3/q+1. The summed E-state index contributed by atoms with van der Waals surface area (Å²) in [5.74, 6) is 0. The van der Waals surface area contributed by atoms with E-state index >= 15 is 0 Å². The quantitative estimate of drug-likeness (QED) is 0.467. The minimum absolute atomic E-state index is 0.767. The van der Waals surface area contributed by atoms with E-state index in [1.807, 2.05) is 7.05 Å². The van der Waals surface area contributed by atoms with E-state index in [1.165, 1.54) is 12.8 Å². The van der Waals surface area contributed by atoms with Gasteiger partial charge in [0.2, 0.25) is 0 Å². The molecule has 2 heteroatoms. The molecule has 0 bridgehead atoms. The van der Waals surface area contributed by atoms with Gasteiger partial charge in [-0.3, -0.25) is 0 Å². The highest BCUT2D eigenvalue weighted by atomic mass is 15.3. The number of nitrogens with zero attached hydrogens (tertiary/aromatic N) is 1. The maximum atomic E-state index is 3.17. The van der Waals surface area contributed by atoms with Crippen LogP contribution in [0.4, 0.5) is 0 Å².